The lowest BCUT2D eigenvalue weighted by molar-refractivity contribution is -0.125. The molecule has 27 heavy (non-hydrogen) atoms. The minimum atomic E-state index is -0.481. The summed E-state index contributed by atoms with van der Waals surface area (Å²) in [6.45, 7) is 4.58. The second kappa shape index (κ2) is 7.05. The molecule has 3 heterocycles. The first-order valence-electron chi connectivity index (χ1n) is 8.54. The van der Waals surface area contributed by atoms with Crippen molar-refractivity contribution >= 4 is 34.3 Å². The standard InChI is InChI=1S/C18H18ClN5O3/c1-2-14(25)24-7-6-11(9-24)27-17-15-10(4-3-5-12(15)19)8-13(20-17)16-21-18(26)23-22-16/h2-5,8,11,16,22H,1,6-7,9H2,(H2,21,23,26)/t11-,16?/m0/s1. The van der Waals surface area contributed by atoms with Gasteiger partial charge in [-0.25, -0.2) is 15.2 Å². The molecular weight excluding hydrogens is 370 g/mol. The van der Waals surface area contributed by atoms with E-state index in [9.17, 15) is 9.59 Å². The smallest absolute Gasteiger partial charge is 0.330 e. The highest BCUT2D eigenvalue weighted by Crippen LogP contribution is 2.34. The average molecular weight is 388 g/mol. The van der Waals surface area contributed by atoms with Crippen molar-refractivity contribution in [1.29, 1.82) is 0 Å². The van der Waals surface area contributed by atoms with Gasteiger partial charge in [-0.15, -0.1) is 0 Å². The number of amides is 3. The number of hydrazine groups is 1. The molecule has 140 valence electrons. The molecule has 8 nitrogen and oxygen atoms in total. The van der Waals surface area contributed by atoms with Crippen LogP contribution < -0.4 is 20.9 Å². The van der Waals surface area contributed by atoms with Crippen molar-refractivity contribution in [3.63, 3.8) is 0 Å². The van der Waals surface area contributed by atoms with Gasteiger partial charge in [-0.05, 0) is 23.6 Å². The van der Waals surface area contributed by atoms with E-state index < -0.39 is 6.17 Å². The minimum Gasteiger partial charge on any atom is -0.472 e. The van der Waals surface area contributed by atoms with E-state index in [0.29, 0.717) is 41.5 Å². The monoisotopic (exact) mass is 387 g/mol. The highest BCUT2D eigenvalue weighted by atomic mass is 35.5. The third kappa shape index (κ3) is 3.41. The number of aromatic nitrogens is 1. The number of likely N-dealkylation sites (tertiary alicyclic amines) is 1. The van der Waals surface area contributed by atoms with Crippen molar-refractivity contribution in [2.75, 3.05) is 13.1 Å². The molecule has 0 bridgehead atoms. The number of hydrogen-bond acceptors (Lipinski definition) is 5. The summed E-state index contributed by atoms with van der Waals surface area (Å²) < 4.78 is 6.14. The number of carbonyl (C=O) groups is 2. The van der Waals surface area contributed by atoms with Gasteiger partial charge in [0, 0.05) is 13.0 Å². The lowest BCUT2D eigenvalue weighted by Gasteiger charge is -2.18. The predicted octanol–water partition coefficient (Wildman–Crippen LogP) is 1.87. The van der Waals surface area contributed by atoms with Crippen LogP contribution in [-0.4, -0.2) is 41.0 Å². The van der Waals surface area contributed by atoms with Gasteiger partial charge in [0.2, 0.25) is 11.8 Å². The molecule has 2 aliphatic rings. The maximum atomic E-state index is 11.8. The lowest BCUT2D eigenvalue weighted by atomic mass is 10.1. The number of nitrogens with zero attached hydrogens (tertiary/aromatic N) is 2. The maximum absolute atomic E-state index is 11.8. The fraction of sp³-hybridized carbons (Fsp3) is 0.278. The largest absolute Gasteiger partial charge is 0.472 e. The number of urea groups is 1. The predicted molar refractivity (Wildman–Crippen MR) is 100 cm³/mol. The third-order valence-electron chi connectivity index (χ3n) is 4.60. The van der Waals surface area contributed by atoms with E-state index in [-0.39, 0.29) is 18.0 Å². The van der Waals surface area contributed by atoms with Gasteiger partial charge in [-0.1, -0.05) is 30.3 Å². The molecule has 2 atom stereocenters. The number of benzene rings is 1. The van der Waals surface area contributed by atoms with Crippen LogP contribution in [0.3, 0.4) is 0 Å². The molecule has 2 saturated heterocycles. The van der Waals surface area contributed by atoms with Crippen molar-refractivity contribution < 1.29 is 14.3 Å². The summed E-state index contributed by atoms with van der Waals surface area (Å²) in [5, 5.41) is 4.80. The fourth-order valence-corrected chi connectivity index (χ4v) is 3.55. The molecule has 1 aromatic heterocycles. The molecular formula is C18H18ClN5O3. The Morgan fingerprint density at radius 3 is 3.04 bits per heavy atom. The van der Waals surface area contributed by atoms with E-state index in [0.717, 1.165) is 5.39 Å². The van der Waals surface area contributed by atoms with Crippen LogP contribution in [-0.2, 0) is 4.79 Å². The summed E-state index contributed by atoms with van der Waals surface area (Å²) in [6.07, 6.45) is 1.32. The van der Waals surface area contributed by atoms with E-state index >= 15 is 0 Å². The van der Waals surface area contributed by atoms with E-state index in [1.54, 1.807) is 11.0 Å². The Labute approximate surface area is 160 Å². The van der Waals surface area contributed by atoms with E-state index in [1.807, 2.05) is 18.2 Å². The van der Waals surface area contributed by atoms with Crippen LogP contribution in [0.15, 0.2) is 36.9 Å². The molecule has 2 fully saturated rings. The van der Waals surface area contributed by atoms with Crippen molar-refractivity contribution in [1.82, 2.24) is 26.1 Å². The Morgan fingerprint density at radius 2 is 2.30 bits per heavy atom. The quantitative estimate of drug-likeness (QED) is 0.696. The minimum absolute atomic E-state index is 0.116. The van der Waals surface area contributed by atoms with Crippen molar-refractivity contribution in [2.24, 2.45) is 0 Å². The third-order valence-corrected chi connectivity index (χ3v) is 4.92. The first-order chi connectivity index (χ1) is 13.0. The fourth-order valence-electron chi connectivity index (χ4n) is 3.29. The summed E-state index contributed by atoms with van der Waals surface area (Å²) in [5.41, 5.74) is 5.90. The Hall–Kier alpha value is -2.84. The van der Waals surface area contributed by atoms with Gasteiger partial charge >= 0.3 is 6.03 Å². The molecule has 1 unspecified atom stereocenters. The van der Waals surface area contributed by atoms with Crippen LogP contribution in [0.1, 0.15) is 18.3 Å². The van der Waals surface area contributed by atoms with E-state index in [1.165, 1.54) is 6.08 Å². The number of carbonyl (C=O) groups excluding carboxylic acids is 2. The van der Waals surface area contributed by atoms with Crippen LogP contribution in [0.25, 0.3) is 10.8 Å². The second-order valence-electron chi connectivity index (χ2n) is 6.38. The Morgan fingerprint density at radius 1 is 1.44 bits per heavy atom. The SMILES string of the molecule is C=CC(=O)N1CC[C@H](Oc2nc(C3NNC(=O)N3)cc3cccc(Cl)c23)C1. The van der Waals surface area contributed by atoms with Crippen LogP contribution in [0.2, 0.25) is 5.02 Å². The van der Waals surface area contributed by atoms with Crippen LogP contribution >= 0.6 is 11.6 Å². The second-order valence-corrected chi connectivity index (χ2v) is 6.79. The van der Waals surface area contributed by atoms with E-state index in [2.05, 4.69) is 27.7 Å². The highest BCUT2D eigenvalue weighted by molar-refractivity contribution is 6.36. The topological polar surface area (TPSA) is 95.6 Å². The zero-order valence-corrected chi connectivity index (χ0v) is 15.1. The van der Waals surface area contributed by atoms with Crippen molar-refractivity contribution in [2.45, 2.75) is 18.7 Å². The number of halogens is 1. The summed E-state index contributed by atoms with van der Waals surface area (Å²) >= 11 is 6.39. The molecule has 3 N–H and O–H groups in total. The highest BCUT2D eigenvalue weighted by Gasteiger charge is 2.29. The first-order valence-corrected chi connectivity index (χ1v) is 8.92. The number of pyridine rings is 1. The molecule has 0 aliphatic carbocycles. The van der Waals surface area contributed by atoms with Crippen LogP contribution in [0.5, 0.6) is 5.88 Å². The molecule has 9 heteroatoms. The number of nitrogens with one attached hydrogen (secondary N) is 3. The summed E-state index contributed by atoms with van der Waals surface area (Å²) in [7, 11) is 0. The van der Waals surface area contributed by atoms with Gasteiger partial charge in [-0.3, -0.25) is 10.2 Å². The molecule has 2 aromatic rings. The summed E-state index contributed by atoms with van der Waals surface area (Å²) in [4.78, 5) is 29.5. The van der Waals surface area contributed by atoms with Gasteiger partial charge in [0.15, 0.2) is 0 Å². The molecule has 3 amide bonds. The summed E-state index contributed by atoms with van der Waals surface area (Å²) in [5.74, 6) is 0.267. The van der Waals surface area contributed by atoms with Crippen molar-refractivity contribution in [3.8, 4) is 5.88 Å². The van der Waals surface area contributed by atoms with E-state index in [4.69, 9.17) is 16.3 Å². The van der Waals surface area contributed by atoms with Crippen molar-refractivity contribution in [3.05, 3.63) is 47.6 Å². The number of fused-ring (bicyclic) bond motifs is 1. The van der Waals surface area contributed by atoms with Crippen LogP contribution in [0, 0.1) is 0 Å². The molecule has 0 spiro atoms. The normalized spacial score (nSPS) is 21.8. The average Bonchev–Trinajstić information content (AvgIpc) is 3.30. The molecule has 1 aromatic carbocycles. The van der Waals surface area contributed by atoms with Gasteiger partial charge in [0.1, 0.15) is 12.3 Å². The zero-order valence-electron chi connectivity index (χ0n) is 14.4. The van der Waals surface area contributed by atoms with Gasteiger partial charge in [0.05, 0.1) is 22.6 Å². The Kier molecular flexibility index (Phi) is 4.59. The Bertz CT molecular complexity index is 935. The molecule has 4 rings (SSSR count). The molecule has 2 aliphatic heterocycles. The first kappa shape index (κ1) is 17.6. The van der Waals surface area contributed by atoms with Gasteiger partial charge in [-0.2, -0.15) is 0 Å². The number of ether oxygens (including phenoxy) is 1. The zero-order chi connectivity index (χ0) is 19.0. The van der Waals surface area contributed by atoms with Crippen LogP contribution in [0.4, 0.5) is 4.79 Å². The van der Waals surface area contributed by atoms with Gasteiger partial charge < -0.3 is 15.0 Å². The number of rotatable bonds is 4. The number of hydrogen-bond donors (Lipinski definition) is 3. The van der Waals surface area contributed by atoms with Gasteiger partial charge in [0.25, 0.3) is 0 Å². The maximum Gasteiger partial charge on any atom is 0.330 e. The molecule has 0 saturated carbocycles. The summed E-state index contributed by atoms with van der Waals surface area (Å²) in [6, 6.07) is 7.05. The Balaban J connectivity index is 1.67. The lowest BCUT2D eigenvalue weighted by Crippen LogP contribution is -2.30. The molecule has 0 radical (unpaired) electrons.